The number of nitrogens with zero attached hydrogens (tertiary/aromatic N) is 2. The van der Waals surface area contributed by atoms with Crippen LogP contribution in [0.5, 0.6) is 0 Å². The van der Waals surface area contributed by atoms with Gasteiger partial charge in [-0.1, -0.05) is 36.7 Å². The summed E-state index contributed by atoms with van der Waals surface area (Å²) in [5.74, 6) is 0.548. The van der Waals surface area contributed by atoms with Crippen LogP contribution < -0.4 is 5.73 Å². The predicted octanol–water partition coefficient (Wildman–Crippen LogP) is 2.67. The number of pyridine rings is 1. The van der Waals surface area contributed by atoms with Crippen LogP contribution in [0, 0.1) is 5.92 Å². The van der Waals surface area contributed by atoms with Crippen LogP contribution in [0.3, 0.4) is 0 Å². The Morgan fingerprint density at radius 3 is 2.89 bits per heavy atom. The van der Waals surface area contributed by atoms with Gasteiger partial charge < -0.3 is 5.73 Å². The van der Waals surface area contributed by atoms with Gasteiger partial charge in [0, 0.05) is 36.6 Å². The van der Waals surface area contributed by atoms with E-state index in [1.807, 2.05) is 18.2 Å². The van der Waals surface area contributed by atoms with Crippen LogP contribution in [0.25, 0.3) is 10.9 Å². The molecule has 19 heavy (non-hydrogen) atoms. The summed E-state index contributed by atoms with van der Waals surface area (Å²) in [5.41, 5.74) is 8.09. The number of fused-ring (bicyclic) bond motifs is 1. The summed E-state index contributed by atoms with van der Waals surface area (Å²) in [6, 6.07) is 10.5. The SMILES string of the molecule is CC1CN(Cc2cc3ccccc3nc2Cl)CC1N. The van der Waals surface area contributed by atoms with Gasteiger partial charge in [-0.3, -0.25) is 4.90 Å². The maximum absolute atomic E-state index is 6.29. The van der Waals surface area contributed by atoms with E-state index < -0.39 is 0 Å². The van der Waals surface area contributed by atoms with Gasteiger partial charge in [0.25, 0.3) is 0 Å². The third kappa shape index (κ3) is 2.59. The lowest BCUT2D eigenvalue weighted by atomic mass is 10.1. The molecule has 3 nitrogen and oxygen atoms in total. The van der Waals surface area contributed by atoms with Gasteiger partial charge in [0.15, 0.2) is 0 Å². The first kappa shape index (κ1) is 12.9. The van der Waals surface area contributed by atoms with Crippen molar-refractivity contribution >= 4 is 22.5 Å². The van der Waals surface area contributed by atoms with Gasteiger partial charge >= 0.3 is 0 Å². The number of para-hydroxylation sites is 1. The Labute approximate surface area is 118 Å². The lowest BCUT2D eigenvalue weighted by Gasteiger charge is -2.16. The third-order valence-corrected chi connectivity index (χ3v) is 4.22. The van der Waals surface area contributed by atoms with Crippen LogP contribution in [0.1, 0.15) is 12.5 Å². The fourth-order valence-corrected chi connectivity index (χ4v) is 2.92. The molecule has 2 N–H and O–H groups in total. The molecule has 0 amide bonds. The number of hydrogen-bond donors (Lipinski definition) is 1. The molecule has 0 spiro atoms. The summed E-state index contributed by atoms with van der Waals surface area (Å²) in [7, 11) is 0. The van der Waals surface area contributed by atoms with Crippen LogP contribution in [0.4, 0.5) is 0 Å². The molecule has 4 heteroatoms. The van der Waals surface area contributed by atoms with Crippen LogP contribution in [0.15, 0.2) is 30.3 Å². The second-order valence-electron chi connectivity index (χ2n) is 5.47. The van der Waals surface area contributed by atoms with Crippen LogP contribution >= 0.6 is 11.6 Å². The van der Waals surface area contributed by atoms with E-state index in [1.165, 1.54) is 0 Å². The first-order valence-electron chi connectivity index (χ1n) is 6.65. The molecular weight excluding hydrogens is 258 g/mol. The van der Waals surface area contributed by atoms with Crippen molar-refractivity contribution in [3.63, 3.8) is 0 Å². The van der Waals surface area contributed by atoms with E-state index in [-0.39, 0.29) is 6.04 Å². The molecular formula is C15H18ClN3. The quantitative estimate of drug-likeness (QED) is 0.857. The van der Waals surface area contributed by atoms with E-state index in [2.05, 4.69) is 28.9 Å². The van der Waals surface area contributed by atoms with Gasteiger partial charge in [-0.05, 0) is 18.1 Å². The number of hydrogen-bond acceptors (Lipinski definition) is 3. The maximum atomic E-state index is 6.29. The van der Waals surface area contributed by atoms with Crippen LogP contribution in [0.2, 0.25) is 5.15 Å². The Balaban J connectivity index is 1.87. The zero-order valence-corrected chi connectivity index (χ0v) is 11.8. The minimum absolute atomic E-state index is 0.271. The van der Waals surface area contributed by atoms with E-state index in [0.717, 1.165) is 36.1 Å². The summed E-state index contributed by atoms with van der Waals surface area (Å²) in [4.78, 5) is 6.82. The molecule has 3 rings (SSSR count). The molecule has 1 saturated heterocycles. The number of aromatic nitrogens is 1. The molecule has 1 aromatic carbocycles. The Hall–Kier alpha value is -1.16. The van der Waals surface area contributed by atoms with Crippen molar-refractivity contribution in [3.05, 3.63) is 41.0 Å². The smallest absolute Gasteiger partial charge is 0.134 e. The largest absolute Gasteiger partial charge is 0.326 e. The topological polar surface area (TPSA) is 42.2 Å². The van der Waals surface area contributed by atoms with E-state index >= 15 is 0 Å². The number of rotatable bonds is 2. The first-order chi connectivity index (χ1) is 9.13. The predicted molar refractivity (Wildman–Crippen MR) is 79.2 cm³/mol. The van der Waals surface area contributed by atoms with Crippen LogP contribution in [-0.2, 0) is 6.54 Å². The minimum Gasteiger partial charge on any atom is -0.326 e. The Kier molecular flexibility index (Phi) is 3.44. The molecule has 0 saturated carbocycles. The summed E-state index contributed by atoms with van der Waals surface area (Å²) in [6.45, 7) is 4.99. The number of likely N-dealkylation sites (tertiary alicyclic amines) is 1. The Morgan fingerprint density at radius 2 is 2.16 bits per heavy atom. The van der Waals surface area contributed by atoms with Gasteiger partial charge in [0.05, 0.1) is 5.52 Å². The van der Waals surface area contributed by atoms with Crippen molar-refractivity contribution in [2.24, 2.45) is 11.7 Å². The normalized spacial score (nSPS) is 24.2. The highest BCUT2D eigenvalue weighted by molar-refractivity contribution is 6.30. The van der Waals surface area contributed by atoms with Gasteiger partial charge in [-0.25, -0.2) is 4.98 Å². The van der Waals surface area contributed by atoms with Gasteiger partial charge in [0.1, 0.15) is 5.15 Å². The Morgan fingerprint density at radius 1 is 1.37 bits per heavy atom. The van der Waals surface area contributed by atoms with E-state index in [4.69, 9.17) is 17.3 Å². The Bertz CT molecular complexity index is 589. The van der Waals surface area contributed by atoms with Gasteiger partial charge in [0.2, 0.25) is 0 Å². The molecule has 1 aliphatic rings. The molecule has 1 fully saturated rings. The van der Waals surface area contributed by atoms with E-state index in [1.54, 1.807) is 0 Å². The highest BCUT2D eigenvalue weighted by Gasteiger charge is 2.26. The molecule has 2 unspecified atom stereocenters. The lowest BCUT2D eigenvalue weighted by Crippen LogP contribution is -2.28. The fraction of sp³-hybridized carbons (Fsp3) is 0.400. The highest BCUT2D eigenvalue weighted by Crippen LogP contribution is 2.24. The number of benzene rings is 1. The van der Waals surface area contributed by atoms with Crippen molar-refractivity contribution in [1.82, 2.24) is 9.88 Å². The average Bonchev–Trinajstić information content (AvgIpc) is 2.69. The maximum Gasteiger partial charge on any atom is 0.134 e. The number of halogens is 1. The summed E-state index contributed by atoms with van der Waals surface area (Å²) in [6.07, 6.45) is 0. The molecule has 0 bridgehead atoms. The molecule has 100 valence electrons. The second-order valence-corrected chi connectivity index (χ2v) is 5.82. The van der Waals surface area contributed by atoms with Crippen molar-refractivity contribution in [1.29, 1.82) is 0 Å². The molecule has 2 heterocycles. The molecule has 2 aromatic rings. The van der Waals surface area contributed by atoms with Crippen molar-refractivity contribution < 1.29 is 0 Å². The second kappa shape index (κ2) is 5.08. The van der Waals surface area contributed by atoms with E-state index in [9.17, 15) is 0 Å². The monoisotopic (exact) mass is 275 g/mol. The lowest BCUT2D eigenvalue weighted by molar-refractivity contribution is 0.319. The van der Waals surface area contributed by atoms with Crippen molar-refractivity contribution in [2.75, 3.05) is 13.1 Å². The summed E-state index contributed by atoms with van der Waals surface area (Å²) >= 11 is 6.29. The first-order valence-corrected chi connectivity index (χ1v) is 7.03. The van der Waals surface area contributed by atoms with Crippen molar-refractivity contribution in [3.8, 4) is 0 Å². The molecule has 1 aromatic heterocycles. The standard InChI is InChI=1S/C15H18ClN3/c1-10-7-19(9-13(10)17)8-12-6-11-4-2-3-5-14(11)18-15(12)16/h2-6,10,13H,7-9,17H2,1H3. The molecule has 0 radical (unpaired) electrons. The molecule has 1 aliphatic heterocycles. The summed E-state index contributed by atoms with van der Waals surface area (Å²) in [5, 5.41) is 1.74. The zero-order valence-electron chi connectivity index (χ0n) is 11.0. The van der Waals surface area contributed by atoms with Crippen molar-refractivity contribution in [2.45, 2.75) is 19.5 Å². The van der Waals surface area contributed by atoms with Gasteiger partial charge in [-0.2, -0.15) is 0 Å². The molecule has 2 atom stereocenters. The third-order valence-electron chi connectivity index (χ3n) is 3.89. The summed E-state index contributed by atoms with van der Waals surface area (Å²) < 4.78 is 0. The zero-order chi connectivity index (χ0) is 13.4. The van der Waals surface area contributed by atoms with Crippen LogP contribution in [-0.4, -0.2) is 29.0 Å². The fourth-order valence-electron chi connectivity index (χ4n) is 2.71. The van der Waals surface area contributed by atoms with E-state index in [0.29, 0.717) is 11.1 Å². The minimum atomic E-state index is 0.271. The average molecular weight is 276 g/mol. The number of nitrogens with two attached hydrogens (primary N) is 1. The molecule has 0 aliphatic carbocycles. The van der Waals surface area contributed by atoms with Gasteiger partial charge in [-0.15, -0.1) is 0 Å². The highest BCUT2D eigenvalue weighted by atomic mass is 35.5.